The van der Waals surface area contributed by atoms with Crippen LogP contribution in [0.4, 0.5) is 0 Å². The molecule has 0 aromatic heterocycles. The summed E-state index contributed by atoms with van der Waals surface area (Å²) in [6, 6.07) is 5.61. The average molecular weight is 228 g/mol. The minimum absolute atomic E-state index is 0.222. The number of hydrogen-bond acceptors (Lipinski definition) is 2. The van der Waals surface area contributed by atoms with Gasteiger partial charge in [-0.15, -0.1) is 0 Å². The van der Waals surface area contributed by atoms with Crippen molar-refractivity contribution in [1.29, 1.82) is 0 Å². The first kappa shape index (κ1) is 12.5. The van der Waals surface area contributed by atoms with E-state index in [4.69, 9.17) is 17.3 Å². The van der Waals surface area contributed by atoms with E-state index in [1.54, 1.807) is 6.07 Å². The molecule has 15 heavy (non-hydrogen) atoms. The summed E-state index contributed by atoms with van der Waals surface area (Å²) in [5.74, 6) is 0. The van der Waals surface area contributed by atoms with Gasteiger partial charge in [-0.25, -0.2) is 0 Å². The Morgan fingerprint density at radius 2 is 2.13 bits per heavy atom. The first-order chi connectivity index (χ1) is 7.03. The van der Waals surface area contributed by atoms with Gasteiger partial charge in [0, 0.05) is 11.6 Å². The van der Waals surface area contributed by atoms with Crippen LogP contribution in [0.25, 0.3) is 0 Å². The highest BCUT2D eigenvalue weighted by atomic mass is 35.5. The van der Waals surface area contributed by atoms with Gasteiger partial charge in [0.2, 0.25) is 0 Å². The van der Waals surface area contributed by atoms with Gasteiger partial charge in [-0.2, -0.15) is 0 Å². The predicted molar refractivity (Wildman–Crippen MR) is 64.0 cm³/mol. The normalized spacial score (nSPS) is 15.0. The van der Waals surface area contributed by atoms with Gasteiger partial charge in [-0.3, -0.25) is 0 Å². The van der Waals surface area contributed by atoms with Crippen molar-refractivity contribution in [2.24, 2.45) is 5.73 Å². The highest BCUT2D eigenvalue weighted by Crippen LogP contribution is 2.28. The van der Waals surface area contributed by atoms with Crippen molar-refractivity contribution in [3.8, 4) is 0 Å². The molecular weight excluding hydrogens is 210 g/mol. The van der Waals surface area contributed by atoms with Gasteiger partial charge in [0.05, 0.1) is 0 Å². The summed E-state index contributed by atoms with van der Waals surface area (Å²) in [6.07, 6.45) is 1.54. The fraction of sp³-hybridized carbons (Fsp3) is 0.500. The van der Waals surface area contributed by atoms with Crippen LogP contribution in [0.5, 0.6) is 0 Å². The topological polar surface area (TPSA) is 46.2 Å². The number of hydrogen-bond donors (Lipinski definition) is 2. The van der Waals surface area contributed by atoms with Crippen LogP contribution in [0, 0.1) is 6.92 Å². The Bertz CT molecular complexity index is 340. The van der Waals surface area contributed by atoms with E-state index >= 15 is 0 Å². The highest BCUT2D eigenvalue weighted by molar-refractivity contribution is 6.31. The molecule has 0 bridgehead atoms. The number of aryl methyl sites for hydroxylation is 1. The molecule has 1 rings (SSSR count). The number of benzene rings is 1. The number of halogens is 1. The smallest absolute Gasteiger partial charge is 0.102 e. The summed E-state index contributed by atoms with van der Waals surface area (Å²) < 4.78 is 0. The van der Waals surface area contributed by atoms with Gasteiger partial charge >= 0.3 is 0 Å². The monoisotopic (exact) mass is 227 g/mol. The molecule has 1 unspecified atom stereocenters. The zero-order valence-corrected chi connectivity index (χ0v) is 10.0. The maximum atomic E-state index is 10.3. The first-order valence-corrected chi connectivity index (χ1v) is 5.60. The molecule has 0 saturated carbocycles. The van der Waals surface area contributed by atoms with Crippen LogP contribution < -0.4 is 5.73 Å². The molecule has 0 aliphatic rings. The fourth-order valence-corrected chi connectivity index (χ4v) is 1.84. The van der Waals surface area contributed by atoms with Gasteiger partial charge in [0.1, 0.15) is 5.60 Å². The standard InChI is InChI=1S/C12H18ClNO/c1-3-6-12(15,8-14)10-5-4-9(2)11(13)7-10/h4-5,7,15H,3,6,8,14H2,1-2H3. The van der Waals surface area contributed by atoms with E-state index in [1.807, 2.05) is 26.0 Å². The molecule has 0 amide bonds. The third-order valence-electron chi connectivity index (χ3n) is 2.71. The van der Waals surface area contributed by atoms with Crippen LogP contribution in [0.3, 0.4) is 0 Å². The second kappa shape index (κ2) is 4.97. The van der Waals surface area contributed by atoms with Gasteiger partial charge in [0.15, 0.2) is 0 Å². The summed E-state index contributed by atoms with van der Waals surface area (Å²) in [5.41, 5.74) is 6.50. The molecule has 2 nitrogen and oxygen atoms in total. The Kier molecular flexibility index (Phi) is 4.14. The van der Waals surface area contributed by atoms with Crippen LogP contribution in [0.2, 0.25) is 5.02 Å². The highest BCUT2D eigenvalue weighted by Gasteiger charge is 2.26. The lowest BCUT2D eigenvalue weighted by atomic mass is 9.89. The second-order valence-corrected chi connectivity index (χ2v) is 4.36. The molecule has 1 aromatic carbocycles. The van der Waals surface area contributed by atoms with Gasteiger partial charge in [-0.05, 0) is 30.5 Å². The van der Waals surface area contributed by atoms with Crippen molar-refractivity contribution in [3.05, 3.63) is 34.3 Å². The molecule has 0 aliphatic carbocycles. The third kappa shape index (κ3) is 2.71. The van der Waals surface area contributed by atoms with Crippen LogP contribution in [0.1, 0.15) is 30.9 Å². The van der Waals surface area contributed by atoms with Crippen molar-refractivity contribution in [2.45, 2.75) is 32.3 Å². The lowest BCUT2D eigenvalue weighted by molar-refractivity contribution is 0.0359. The Labute approximate surface area is 96.1 Å². The van der Waals surface area contributed by atoms with Crippen molar-refractivity contribution in [3.63, 3.8) is 0 Å². The third-order valence-corrected chi connectivity index (χ3v) is 3.12. The van der Waals surface area contributed by atoms with Gasteiger partial charge < -0.3 is 10.8 Å². The lowest BCUT2D eigenvalue weighted by Gasteiger charge is -2.27. The minimum atomic E-state index is -0.938. The molecule has 0 fully saturated rings. The summed E-state index contributed by atoms with van der Waals surface area (Å²) in [4.78, 5) is 0. The molecule has 84 valence electrons. The Hall–Kier alpha value is -0.570. The SMILES string of the molecule is CCCC(O)(CN)c1ccc(C)c(Cl)c1. The lowest BCUT2D eigenvalue weighted by Crippen LogP contribution is -2.34. The van der Waals surface area contributed by atoms with E-state index in [9.17, 15) is 5.11 Å². The van der Waals surface area contributed by atoms with E-state index < -0.39 is 5.60 Å². The predicted octanol–water partition coefficient (Wildman–Crippen LogP) is 2.59. The van der Waals surface area contributed by atoms with Gasteiger partial charge in [0.25, 0.3) is 0 Å². The summed E-state index contributed by atoms with van der Waals surface area (Å²) in [7, 11) is 0. The maximum Gasteiger partial charge on any atom is 0.102 e. The molecule has 0 heterocycles. The van der Waals surface area contributed by atoms with E-state index in [0.717, 1.165) is 17.5 Å². The average Bonchev–Trinajstić information content (AvgIpc) is 2.22. The molecule has 3 N–H and O–H groups in total. The van der Waals surface area contributed by atoms with Crippen molar-refractivity contribution < 1.29 is 5.11 Å². The number of rotatable bonds is 4. The van der Waals surface area contributed by atoms with E-state index in [-0.39, 0.29) is 6.54 Å². The molecule has 3 heteroatoms. The van der Waals surface area contributed by atoms with Crippen LogP contribution in [0.15, 0.2) is 18.2 Å². The molecule has 1 aromatic rings. The van der Waals surface area contributed by atoms with Crippen LogP contribution in [-0.4, -0.2) is 11.7 Å². The van der Waals surface area contributed by atoms with Crippen molar-refractivity contribution >= 4 is 11.6 Å². The summed E-state index contributed by atoms with van der Waals surface area (Å²) in [6.45, 7) is 4.18. The minimum Gasteiger partial charge on any atom is -0.384 e. The first-order valence-electron chi connectivity index (χ1n) is 5.22. The van der Waals surface area contributed by atoms with E-state index in [0.29, 0.717) is 11.4 Å². The Balaban J connectivity index is 3.07. The fourth-order valence-electron chi connectivity index (χ4n) is 1.66. The second-order valence-electron chi connectivity index (χ2n) is 3.95. The van der Waals surface area contributed by atoms with Crippen LogP contribution in [-0.2, 0) is 5.60 Å². The molecule has 1 atom stereocenters. The summed E-state index contributed by atoms with van der Waals surface area (Å²) >= 11 is 6.03. The van der Waals surface area contributed by atoms with E-state index in [1.165, 1.54) is 0 Å². The van der Waals surface area contributed by atoms with Crippen LogP contribution >= 0.6 is 11.6 Å². The summed E-state index contributed by atoms with van der Waals surface area (Å²) in [5, 5.41) is 11.0. The molecule has 0 radical (unpaired) electrons. The molecule has 0 spiro atoms. The van der Waals surface area contributed by atoms with Crippen molar-refractivity contribution in [1.82, 2.24) is 0 Å². The molecular formula is C12H18ClNO. The quantitative estimate of drug-likeness (QED) is 0.831. The largest absolute Gasteiger partial charge is 0.384 e. The maximum absolute atomic E-state index is 10.3. The number of aliphatic hydroxyl groups is 1. The zero-order valence-electron chi connectivity index (χ0n) is 9.26. The Morgan fingerprint density at radius 1 is 1.47 bits per heavy atom. The van der Waals surface area contributed by atoms with Crippen molar-refractivity contribution in [2.75, 3.05) is 6.54 Å². The number of nitrogens with two attached hydrogens (primary N) is 1. The molecule has 0 aliphatic heterocycles. The zero-order chi connectivity index (χ0) is 11.5. The van der Waals surface area contributed by atoms with Gasteiger partial charge in [-0.1, -0.05) is 37.1 Å². The van der Waals surface area contributed by atoms with E-state index in [2.05, 4.69) is 0 Å². The molecule has 0 saturated heterocycles. The Morgan fingerprint density at radius 3 is 2.60 bits per heavy atom.